The zero-order chi connectivity index (χ0) is 14.1. The van der Waals surface area contributed by atoms with Crippen LogP contribution in [0.15, 0.2) is 41.3 Å². The number of hydrogen-bond donors (Lipinski definition) is 0. The predicted molar refractivity (Wildman–Crippen MR) is 76.8 cm³/mol. The lowest BCUT2D eigenvalue weighted by Crippen LogP contribution is -1.91. The normalized spacial score (nSPS) is 12.7. The fourth-order valence-electron chi connectivity index (χ4n) is 2.37. The number of hydrogen-bond acceptors (Lipinski definition) is 4. The summed E-state index contributed by atoms with van der Waals surface area (Å²) in [6.07, 6.45) is 0.139. The van der Waals surface area contributed by atoms with Gasteiger partial charge in [-0.3, -0.25) is 4.79 Å². The average Bonchev–Trinajstić information content (AvgIpc) is 3.10. The Morgan fingerprint density at radius 3 is 2.60 bits per heavy atom. The van der Waals surface area contributed by atoms with Gasteiger partial charge in [0, 0.05) is 16.9 Å². The molecule has 1 heterocycles. The van der Waals surface area contributed by atoms with Crippen molar-refractivity contribution in [2.45, 2.75) is 6.42 Å². The third kappa shape index (κ3) is 1.84. The van der Waals surface area contributed by atoms with Gasteiger partial charge >= 0.3 is 0 Å². The van der Waals surface area contributed by atoms with Gasteiger partial charge in [0.2, 0.25) is 0 Å². The Kier molecular flexibility index (Phi) is 2.95. The number of allylic oxidation sites excluding steroid dienone is 2. The summed E-state index contributed by atoms with van der Waals surface area (Å²) in [5, 5.41) is 19.9. The molecule has 0 spiro atoms. The third-order valence-corrected chi connectivity index (χ3v) is 4.23. The highest BCUT2D eigenvalue weighted by atomic mass is 32.1. The van der Waals surface area contributed by atoms with Gasteiger partial charge < -0.3 is 0 Å². The van der Waals surface area contributed by atoms with Gasteiger partial charge in [-0.1, -0.05) is 18.2 Å². The van der Waals surface area contributed by atoms with Crippen LogP contribution >= 0.6 is 11.3 Å². The first kappa shape index (κ1) is 12.3. The SMILES string of the molecule is N#CC(C#N)=C1CC(=O)c2cc(-c3cccs3)ccc21. The molecule has 4 heteroatoms. The fraction of sp³-hybridized carbons (Fsp3) is 0.0625. The molecule has 1 aromatic heterocycles. The Labute approximate surface area is 120 Å². The molecular weight excluding hydrogens is 268 g/mol. The fourth-order valence-corrected chi connectivity index (χ4v) is 3.09. The number of nitriles is 2. The monoisotopic (exact) mass is 276 g/mol. The highest BCUT2D eigenvalue weighted by molar-refractivity contribution is 7.13. The van der Waals surface area contributed by atoms with Crippen LogP contribution in [0.1, 0.15) is 22.3 Å². The summed E-state index contributed by atoms with van der Waals surface area (Å²) in [6, 6.07) is 13.3. The second kappa shape index (κ2) is 4.77. The molecule has 0 N–H and O–H groups in total. The number of nitrogens with zero attached hydrogens (tertiary/aromatic N) is 2. The molecule has 0 saturated carbocycles. The van der Waals surface area contributed by atoms with E-state index in [1.165, 1.54) is 0 Å². The zero-order valence-electron chi connectivity index (χ0n) is 10.4. The van der Waals surface area contributed by atoms with E-state index < -0.39 is 0 Å². The Bertz CT molecular complexity index is 801. The van der Waals surface area contributed by atoms with E-state index in [2.05, 4.69) is 0 Å². The summed E-state index contributed by atoms with van der Waals surface area (Å²) < 4.78 is 0. The molecule has 0 saturated heterocycles. The molecule has 0 radical (unpaired) electrons. The van der Waals surface area contributed by atoms with Crippen LogP contribution in [0.3, 0.4) is 0 Å². The topological polar surface area (TPSA) is 64.7 Å². The first-order valence-electron chi connectivity index (χ1n) is 5.99. The summed E-state index contributed by atoms with van der Waals surface area (Å²) in [7, 11) is 0. The molecule has 94 valence electrons. The standard InChI is InChI=1S/C16H8N2OS/c17-8-11(9-18)13-7-15(19)14-6-10(3-4-12(13)14)16-2-1-5-20-16/h1-6H,7H2. The van der Waals surface area contributed by atoms with Crippen molar-refractivity contribution in [1.82, 2.24) is 0 Å². The Morgan fingerprint density at radius 2 is 1.95 bits per heavy atom. The second-order valence-corrected chi connectivity index (χ2v) is 5.36. The van der Waals surface area contributed by atoms with Gasteiger partial charge in [0.15, 0.2) is 5.78 Å². The number of ketones is 1. The van der Waals surface area contributed by atoms with E-state index >= 15 is 0 Å². The Hall–Kier alpha value is -2.69. The van der Waals surface area contributed by atoms with Gasteiger partial charge in [0.05, 0.1) is 0 Å². The summed E-state index contributed by atoms with van der Waals surface area (Å²) >= 11 is 1.61. The summed E-state index contributed by atoms with van der Waals surface area (Å²) in [5.74, 6) is -0.0311. The van der Waals surface area contributed by atoms with E-state index in [0.717, 1.165) is 10.4 Å². The molecule has 3 rings (SSSR count). The van der Waals surface area contributed by atoms with Gasteiger partial charge in [0.1, 0.15) is 17.7 Å². The molecule has 2 aromatic rings. The van der Waals surface area contributed by atoms with Gasteiger partial charge in [-0.05, 0) is 34.2 Å². The lowest BCUT2D eigenvalue weighted by Gasteiger charge is -2.03. The van der Waals surface area contributed by atoms with Crippen LogP contribution in [-0.2, 0) is 0 Å². The van der Waals surface area contributed by atoms with Crippen molar-refractivity contribution in [3.8, 4) is 22.6 Å². The van der Waals surface area contributed by atoms with E-state index in [0.29, 0.717) is 16.7 Å². The average molecular weight is 276 g/mol. The van der Waals surface area contributed by atoms with Crippen molar-refractivity contribution in [3.63, 3.8) is 0 Å². The minimum atomic E-state index is -0.0311. The molecule has 20 heavy (non-hydrogen) atoms. The summed E-state index contributed by atoms with van der Waals surface area (Å²) in [4.78, 5) is 13.2. The van der Waals surface area contributed by atoms with Crippen LogP contribution in [-0.4, -0.2) is 5.78 Å². The van der Waals surface area contributed by atoms with Crippen LogP contribution in [0.2, 0.25) is 0 Å². The molecule has 0 aliphatic heterocycles. The molecule has 1 aromatic carbocycles. The van der Waals surface area contributed by atoms with E-state index in [1.54, 1.807) is 11.3 Å². The predicted octanol–water partition coefficient (Wildman–Crippen LogP) is 3.80. The summed E-state index contributed by atoms with van der Waals surface area (Å²) in [6.45, 7) is 0. The first-order valence-corrected chi connectivity index (χ1v) is 6.87. The molecule has 0 amide bonds. The number of fused-ring (bicyclic) bond motifs is 1. The van der Waals surface area contributed by atoms with Crippen molar-refractivity contribution in [2.24, 2.45) is 0 Å². The van der Waals surface area contributed by atoms with Crippen molar-refractivity contribution >= 4 is 22.7 Å². The van der Waals surface area contributed by atoms with Crippen molar-refractivity contribution in [2.75, 3.05) is 0 Å². The lowest BCUT2D eigenvalue weighted by atomic mass is 10.0. The quantitative estimate of drug-likeness (QED) is 0.744. The van der Waals surface area contributed by atoms with Gasteiger partial charge in [-0.25, -0.2) is 0 Å². The number of benzene rings is 1. The molecular formula is C16H8N2OS. The van der Waals surface area contributed by atoms with Crippen molar-refractivity contribution < 1.29 is 4.79 Å². The molecule has 0 fully saturated rings. The second-order valence-electron chi connectivity index (χ2n) is 4.41. The van der Waals surface area contributed by atoms with Crippen LogP contribution in [0.5, 0.6) is 0 Å². The van der Waals surface area contributed by atoms with E-state index in [1.807, 2.05) is 47.9 Å². The largest absolute Gasteiger partial charge is 0.294 e. The number of rotatable bonds is 1. The minimum Gasteiger partial charge on any atom is -0.294 e. The van der Waals surface area contributed by atoms with E-state index in [-0.39, 0.29) is 17.8 Å². The van der Waals surface area contributed by atoms with Crippen LogP contribution in [0.25, 0.3) is 16.0 Å². The number of Topliss-reactive ketones (excluding diaryl/α,β-unsaturated/α-hetero) is 1. The van der Waals surface area contributed by atoms with Crippen LogP contribution in [0, 0.1) is 22.7 Å². The van der Waals surface area contributed by atoms with Crippen molar-refractivity contribution in [1.29, 1.82) is 10.5 Å². The zero-order valence-corrected chi connectivity index (χ0v) is 11.2. The van der Waals surface area contributed by atoms with E-state index in [4.69, 9.17) is 10.5 Å². The van der Waals surface area contributed by atoms with Crippen molar-refractivity contribution in [3.05, 3.63) is 52.4 Å². The van der Waals surface area contributed by atoms with E-state index in [9.17, 15) is 4.79 Å². The molecule has 1 aliphatic rings. The first-order chi connectivity index (χ1) is 9.74. The summed E-state index contributed by atoms with van der Waals surface area (Å²) in [5.41, 5.74) is 2.89. The minimum absolute atomic E-state index is 0.0287. The Morgan fingerprint density at radius 1 is 1.15 bits per heavy atom. The lowest BCUT2D eigenvalue weighted by molar-refractivity contribution is 0.100. The van der Waals surface area contributed by atoms with Gasteiger partial charge in [0.25, 0.3) is 0 Å². The molecule has 0 unspecified atom stereocenters. The van der Waals surface area contributed by atoms with Gasteiger partial charge in [-0.15, -0.1) is 11.3 Å². The maximum Gasteiger partial charge on any atom is 0.167 e. The third-order valence-electron chi connectivity index (χ3n) is 3.31. The molecule has 3 nitrogen and oxygen atoms in total. The van der Waals surface area contributed by atoms with Crippen LogP contribution < -0.4 is 0 Å². The number of carbonyl (C=O) groups excluding carboxylic acids is 1. The Balaban J connectivity index is 2.18. The van der Waals surface area contributed by atoms with Crippen LogP contribution in [0.4, 0.5) is 0 Å². The highest BCUT2D eigenvalue weighted by Crippen LogP contribution is 2.37. The maximum absolute atomic E-state index is 12.1. The highest BCUT2D eigenvalue weighted by Gasteiger charge is 2.27. The molecule has 1 aliphatic carbocycles. The van der Waals surface area contributed by atoms with Gasteiger partial charge in [-0.2, -0.15) is 10.5 Å². The molecule has 0 atom stereocenters. The maximum atomic E-state index is 12.1. The number of carbonyl (C=O) groups is 1. The number of thiophene rings is 1. The molecule has 0 bridgehead atoms. The smallest absolute Gasteiger partial charge is 0.167 e.